The van der Waals surface area contributed by atoms with Crippen LogP contribution in [0.15, 0.2) is 17.6 Å². The fourth-order valence-corrected chi connectivity index (χ4v) is 4.62. The predicted octanol–water partition coefficient (Wildman–Crippen LogP) is 5.44. The van der Waals surface area contributed by atoms with E-state index in [0.29, 0.717) is 16.4 Å². The minimum atomic E-state index is -1.13. The fraction of sp³-hybridized carbons (Fsp3) is 0.600. The second kappa shape index (κ2) is 9.58. The maximum absolute atomic E-state index is 12.5. The Morgan fingerprint density at radius 2 is 1.73 bits per heavy atom. The predicted molar refractivity (Wildman–Crippen MR) is 133 cm³/mol. The number of aliphatic carboxylic acids is 1. The summed E-state index contributed by atoms with van der Waals surface area (Å²) >= 11 is 1.48. The van der Waals surface area contributed by atoms with Crippen molar-refractivity contribution in [1.29, 1.82) is 0 Å². The molecule has 1 unspecified atom stereocenters. The lowest BCUT2D eigenvalue weighted by Crippen LogP contribution is -2.39. The molecule has 1 aliphatic heterocycles. The number of aryl methyl sites for hydroxylation is 2. The summed E-state index contributed by atoms with van der Waals surface area (Å²) in [6.45, 7) is 15.7. The minimum absolute atomic E-state index is 0.255. The second-order valence-electron chi connectivity index (χ2n) is 10.5. The normalized spacial score (nSPS) is 17.2. The number of ether oxygens (including phenoxy) is 1. The third kappa shape index (κ3) is 5.84. The Balaban J connectivity index is 2.28. The smallest absolute Gasteiger partial charge is 0.337 e. The van der Waals surface area contributed by atoms with Crippen molar-refractivity contribution < 1.29 is 14.6 Å². The van der Waals surface area contributed by atoms with Crippen LogP contribution in [-0.2, 0) is 9.53 Å². The summed E-state index contributed by atoms with van der Waals surface area (Å²) in [6, 6.07) is 0. The molecule has 1 atom stereocenters. The summed E-state index contributed by atoms with van der Waals surface area (Å²) in [4.78, 5) is 28.5. The summed E-state index contributed by atoms with van der Waals surface area (Å²) in [5, 5.41) is 10.9. The van der Waals surface area contributed by atoms with E-state index in [9.17, 15) is 9.90 Å². The Labute approximate surface area is 201 Å². The number of rotatable bonds is 6. The largest absolute Gasteiger partial charge is 0.479 e. The quantitative estimate of drug-likeness (QED) is 0.439. The molecule has 0 radical (unpaired) electrons. The van der Waals surface area contributed by atoms with Crippen molar-refractivity contribution >= 4 is 23.4 Å². The zero-order valence-corrected chi connectivity index (χ0v) is 21.8. The van der Waals surface area contributed by atoms with Gasteiger partial charge in [0.05, 0.1) is 11.3 Å². The van der Waals surface area contributed by atoms with E-state index in [4.69, 9.17) is 9.72 Å². The van der Waals surface area contributed by atoms with E-state index < -0.39 is 17.7 Å². The van der Waals surface area contributed by atoms with Crippen molar-refractivity contribution in [2.45, 2.75) is 78.2 Å². The van der Waals surface area contributed by atoms with Gasteiger partial charge < -0.3 is 14.7 Å². The van der Waals surface area contributed by atoms with E-state index in [0.717, 1.165) is 48.4 Å². The van der Waals surface area contributed by atoms with Crippen LogP contribution in [0.4, 0.5) is 5.69 Å². The lowest BCUT2D eigenvalue weighted by atomic mass is 9.82. The number of carbonyl (C=O) groups is 1. The van der Waals surface area contributed by atoms with Gasteiger partial charge in [0.2, 0.25) is 0 Å². The molecule has 2 aromatic rings. The Morgan fingerprint density at radius 3 is 2.21 bits per heavy atom. The number of pyridine rings is 1. The van der Waals surface area contributed by atoms with Crippen molar-refractivity contribution in [3.63, 3.8) is 0 Å². The van der Waals surface area contributed by atoms with Crippen LogP contribution < -0.4 is 4.90 Å². The molecule has 0 spiro atoms. The van der Waals surface area contributed by atoms with Gasteiger partial charge in [0.1, 0.15) is 0 Å². The van der Waals surface area contributed by atoms with Gasteiger partial charge in [-0.2, -0.15) is 0 Å². The zero-order chi connectivity index (χ0) is 24.6. The molecule has 1 aliphatic rings. The van der Waals surface area contributed by atoms with Crippen LogP contribution in [0.1, 0.15) is 70.5 Å². The monoisotopic (exact) mass is 472 g/mol. The SMILES string of the molecule is CSc1ncc(-c2c(C)nc(C)c(C(OC(C)(C)C)C(=O)O)c2N2CCC(C)(C)CC2)cn1. The number of hydrogen-bond donors (Lipinski definition) is 1. The number of hydrogen-bond acceptors (Lipinski definition) is 7. The average molecular weight is 473 g/mol. The molecule has 0 saturated carbocycles. The van der Waals surface area contributed by atoms with Crippen molar-refractivity contribution in [3.8, 4) is 11.1 Å². The van der Waals surface area contributed by atoms with Crippen molar-refractivity contribution in [2.75, 3.05) is 24.2 Å². The first-order chi connectivity index (χ1) is 15.3. The molecule has 3 rings (SSSR count). The van der Waals surface area contributed by atoms with Crippen LogP contribution in [-0.4, -0.2) is 51.0 Å². The number of piperidine rings is 1. The van der Waals surface area contributed by atoms with Gasteiger partial charge in [0, 0.05) is 53.6 Å². The molecule has 1 fully saturated rings. The molecule has 0 aliphatic carbocycles. The van der Waals surface area contributed by atoms with Crippen molar-refractivity contribution in [1.82, 2.24) is 15.0 Å². The molecular formula is C25H36N4O3S. The number of carboxylic acids is 1. The van der Waals surface area contributed by atoms with Crippen LogP contribution in [0, 0.1) is 19.3 Å². The first-order valence-corrected chi connectivity index (χ1v) is 12.6. The molecule has 1 N–H and O–H groups in total. The summed E-state index contributed by atoms with van der Waals surface area (Å²) < 4.78 is 6.11. The van der Waals surface area contributed by atoms with Gasteiger partial charge in [-0.05, 0) is 59.1 Å². The molecular weight excluding hydrogens is 436 g/mol. The van der Waals surface area contributed by atoms with Crippen LogP contribution in [0.5, 0.6) is 0 Å². The maximum Gasteiger partial charge on any atom is 0.337 e. The molecule has 180 valence electrons. The highest BCUT2D eigenvalue weighted by atomic mass is 32.2. The van der Waals surface area contributed by atoms with Crippen LogP contribution in [0.3, 0.4) is 0 Å². The van der Waals surface area contributed by atoms with E-state index in [2.05, 4.69) is 28.7 Å². The van der Waals surface area contributed by atoms with Gasteiger partial charge in [-0.3, -0.25) is 4.98 Å². The summed E-state index contributed by atoms with van der Waals surface area (Å²) in [6.07, 6.45) is 6.46. The van der Waals surface area contributed by atoms with E-state index in [1.54, 1.807) is 12.4 Å². The molecule has 0 aromatic carbocycles. The molecule has 7 nitrogen and oxygen atoms in total. The van der Waals surface area contributed by atoms with E-state index in [1.165, 1.54) is 11.8 Å². The summed E-state index contributed by atoms with van der Waals surface area (Å²) in [5.74, 6) is -1.02. The zero-order valence-electron chi connectivity index (χ0n) is 21.0. The number of nitrogens with zero attached hydrogens (tertiary/aromatic N) is 4. The average Bonchev–Trinajstić information content (AvgIpc) is 2.71. The van der Waals surface area contributed by atoms with Gasteiger partial charge in [0.15, 0.2) is 11.3 Å². The minimum Gasteiger partial charge on any atom is -0.479 e. The first kappa shape index (κ1) is 25.4. The third-order valence-corrected chi connectivity index (χ3v) is 6.65. The Morgan fingerprint density at radius 1 is 1.15 bits per heavy atom. The van der Waals surface area contributed by atoms with Gasteiger partial charge in [0.25, 0.3) is 0 Å². The van der Waals surface area contributed by atoms with E-state index in [-0.39, 0.29) is 5.41 Å². The van der Waals surface area contributed by atoms with E-state index >= 15 is 0 Å². The highest BCUT2D eigenvalue weighted by molar-refractivity contribution is 7.98. The number of thioether (sulfide) groups is 1. The Bertz CT molecular complexity index is 1010. The summed E-state index contributed by atoms with van der Waals surface area (Å²) in [7, 11) is 0. The van der Waals surface area contributed by atoms with Crippen LogP contribution in [0.25, 0.3) is 11.1 Å². The molecule has 33 heavy (non-hydrogen) atoms. The fourth-order valence-electron chi connectivity index (χ4n) is 4.31. The van der Waals surface area contributed by atoms with Crippen LogP contribution in [0.2, 0.25) is 0 Å². The third-order valence-electron chi connectivity index (χ3n) is 6.07. The van der Waals surface area contributed by atoms with Gasteiger partial charge in [-0.1, -0.05) is 25.6 Å². The number of aromatic nitrogens is 3. The highest BCUT2D eigenvalue weighted by Gasteiger charge is 2.36. The number of carboxylic acid groups (broad SMARTS) is 1. The van der Waals surface area contributed by atoms with Gasteiger partial charge >= 0.3 is 5.97 Å². The lowest BCUT2D eigenvalue weighted by molar-refractivity contribution is -0.160. The van der Waals surface area contributed by atoms with Gasteiger partial charge in [-0.25, -0.2) is 14.8 Å². The second-order valence-corrected chi connectivity index (χ2v) is 11.3. The van der Waals surface area contributed by atoms with Crippen molar-refractivity contribution in [2.24, 2.45) is 5.41 Å². The topological polar surface area (TPSA) is 88.4 Å². The van der Waals surface area contributed by atoms with Gasteiger partial charge in [-0.15, -0.1) is 0 Å². The molecule has 3 heterocycles. The lowest BCUT2D eigenvalue weighted by Gasteiger charge is -2.41. The van der Waals surface area contributed by atoms with E-state index in [1.807, 2.05) is 40.9 Å². The molecule has 0 bridgehead atoms. The standard InChI is InChI=1S/C25H36N4O3S/c1-15-18(17-13-26-23(33-8)27-14-17)20(29-11-9-25(6,7)10-12-29)19(16(2)28-15)21(22(30)31)32-24(3,4)5/h13-14,21H,9-12H2,1-8H3,(H,30,31). The highest BCUT2D eigenvalue weighted by Crippen LogP contribution is 2.44. The molecule has 0 amide bonds. The first-order valence-electron chi connectivity index (χ1n) is 11.4. The Kier molecular flexibility index (Phi) is 7.39. The van der Waals surface area contributed by atoms with Crippen LogP contribution >= 0.6 is 11.8 Å². The Hall–Kier alpha value is -2.19. The number of anilines is 1. The van der Waals surface area contributed by atoms with Crippen molar-refractivity contribution in [3.05, 3.63) is 29.3 Å². The molecule has 2 aromatic heterocycles. The molecule has 1 saturated heterocycles. The molecule has 8 heteroatoms. The summed E-state index contributed by atoms with van der Waals surface area (Å²) in [5.41, 5.74) is 4.34. The maximum atomic E-state index is 12.5.